The molecule has 0 radical (unpaired) electrons. The number of nitrogens with zero attached hydrogens (tertiary/aromatic N) is 2. The number of aryl methyl sites for hydroxylation is 2. The fraction of sp³-hybridized carbons (Fsp3) is 0.211. The summed E-state index contributed by atoms with van der Waals surface area (Å²) in [6.45, 7) is 3.85. The van der Waals surface area contributed by atoms with Crippen LogP contribution in [0.15, 0.2) is 30.5 Å². The van der Waals surface area contributed by atoms with E-state index in [-0.39, 0.29) is 22.0 Å². The molecule has 7 nitrogen and oxygen atoms in total. The number of rotatable bonds is 5. The summed E-state index contributed by atoms with van der Waals surface area (Å²) < 4.78 is 6.83. The summed E-state index contributed by atoms with van der Waals surface area (Å²) in [5, 5.41) is 12.1. The number of nitrogens with one attached hydrogen (secondary N) is 1. The molecule has 3 aromatic rings. The van der Waals surface area contributed by atoms with Gasteiger partial charge in [0.15, 0.2) is 0 Å². The van der Waals surface area contributed by atoms with Crippen molar-refractivity contribution in [2.45, 2.75) is 20.3 Å². The average molecular weight is 388 g/mol. The van der Waals surface area contributed by atoms with Gasteiger partial charge in [-0.25, -0.2) is 9.78 Å². The van der Waals surface area contributed by atoms with Crippen molar-refractivity contribution >= 4 is 34.8 Å². The van der Waals surface area contributed by atoms with E-state index in [4.69, 9.17) is 16.3 Å². The van der Waals surface area contributed by atoms with E-state index in [0.717, 1.165) is 5.56 Å². The number of aromatic nitrogens is 2. The Morgan fingerprint density at radius 3 is 2.74 bits per heavy atom. The van der Waals surface area contributed by atoms with Crippen LogP contribution in [0.25, 0.3) is 5.65 Å². The van der Waals surface area contributed by atoms with E-state index < -0.39 is 11.9 Å². The molecule has 0 fully saturated rings. The second-order valence-electron chi connectivity index (χ2n) is 5.94. The Kier molecular flexibility index (Phi) is 5.05. The summed E-state index contributed by atoms with van der Waals surface area (Å²) in [5.74, 6) is -1.46. The number of ether oxygens (including phenoxy) is 1. The molecule has 2 N–H and O–H groups in total. The zero-order chi connectivity index (χ0) is 19.7. The van der Waals surface area contributed by atoms with E-state index >= 15 is 0 Å². The first kappa shape index (κ1) is 18.7. The van der Waals surface area contributed by atoms with E-state index in [1.54, 1.807) is 10.6 Å². The number of halogens is 1. The summed E-state index contributed by atoms with van der Waals surface area (Å²) in [6, 6.07) is 6.41. The summed E-state index contributed by atoms with van der Waals surface area (Å²) >= 11 is 6.17. The highest BCUT2D eigenvalue weighted by Gasteiger charge is 2.21. The van der Waals surface area contributed by atoms with Crippen LogP contribution >= 0.6 is 11.6 Å². The van der Waals surface area contributed by atoms with Gasteiger partial charge >= 0.3 is 5.97 Å². The van der Waals surface area contributed by atoms with Gasteiger partial charge in [-0.05, 0) is 31.0 Å². The number of anilines is 1. The van der Waals surface area contributed by atoms with Crippen molar-refractivity contribution in [3.8, 4) is 5.75 Å². The van der Waals surface area contributed by atoms with Crippen LogP contribution in [-0.4, -0.2) is 33.5 Å². The molecule has 0 aliphatic rings. The number of amides is 1. The van der Waals surface area contributed by atoms with Crippen LogP contribution in [0, 0.1) is 6.92 Å². The summed E-state index contributed by atoms with van der Waals surface area (Å²) in [5.41, 5.74) is 2.91. The van der Waals surface area contributed by atoms with E-state index in [1.165, 1.54) is 19.2 Å². The van der Waals surface area contributed by atoms with Crippen molar-refractivity contribution in [1.29, 1.82) is 0 Å². The minimum atomic E-state index is -1.17. The molecular formula is C19H18ClN3O4. The quantitative estimate of drug-likeness (QED) is 0.694. The minimum Gasteiger partial charge on any atom is -0.496 e. The van der Waals surface area contributed by atoms with E-state index in [1.807, 2.05) is 26.0 Å². The van der Waals surface area contributed by atoms with Gasteiger partial charge in [0.1, 0.15) is 22.7 Å². The molecular weight excluding hydrogens is 370 g/mol. The van der Waals surface area contributed by atoms with Gasteiger partial charge in [0.05, 0.1) is 23.5 Å². The Labute approximate surface area is 160 Å². The van der Waals surface area contributed by atoms with Crippen molar-refractivity contribution in [3.63, 3.8) is 0 Å². The lowest BCUT2D eigenvalue weighted by molar-refractivity contribution is 0.0693. The third-order valence-electron chi connectivity index (χ3n) is 4.24. The number of aromatic carboxylic acids is 1. The van der Waals surface area contributed by atoms with Gasteiger partial charge in [-0.3, -0.25) is 9.20 Å². The fourth-order valence-corrected chi connectivity index (χ4v) is 3.12. The summed E-state index contributed by atoms with van der Waals surface area (Å²) in [6.07, 6.45) is 2.36. The lowest BCUT2D eigenvalue weighted by Gasteiger charge is -2.12. The first-order valence-corrected chi connectivity index (χ1v) is 8.63. The van der Waals surface area contributed by atoms with Gasteiger partial charge in [-0.1, -0.05) is 24.6 Å². The maximum atomic E-state index is 13.0. The molecule has 8 heteroatoms. The third kappa shape index (κ3) is 3.33. The molecule has 0 saturated heterocycles. The Hall–Kier alpha value is -3.06. The van der Waals surface area contributed by atoms with Gasteiger partial charge < -0.3 is 15.2 Å². The van der Waals surface area contributed by atoms with Gasteiger partial charge in [-0.15, -0.1) is 0 Å². The second-order valence-corrected chi connectivity index (χ2v) is 6.34. The van der Waals surface area contributed by atoms with Crippen molar-refractivity contribution in [3.05, 3.63) is 58.0 Å². The topological polar surface area (TPSA) is 92.9 Å². The number of imidazole rings is 1. The number of pyridine rings is 1. The van der Waals surface area contributed by atoms with Crippen molar-refractivity contribution in [1.82, 2.24) is 9.38 Å². The van der Waals surface area contributed by atoms with E-state index in [2.05, 4.69) is 10.3 Å². The normalized spacial score (nSPS) is 10.8. The number of carboxylic acids is 1. The van der Waals surface area contributed by atoms with Crippen LogP contribution in [0.1, 0.15) is 39.0 Å². The largest absolute Gasteiger partial charge is 0.496 e. The molecule has 3 rings (SSSR count). The molecule has 1 aromatic carbocycles. The molecule has 0 spiro atoms. The first-order valence-electron chi connectivity index (χ1n) is 8.26. The maximum absolute atomic E-state index is 13.0. The Morgan fingerprint density at radius 2 is 2.11 bits per heavy atom. The number of hydrogen-bond acceptors (Lipinski definition) is 4. The van der Waals surface area contributed by atoms with Crippen LogP contribution in [0.5, 0.6) is 5.75 Å². The molecule has 1 amide bonds. The number of carbonyl (C=O) groups is 2. The number of carbonyl (C=O) groups excluding carboxylic acids is 1. The van der Waals surface area contributed by atoms with Gasteiger partial charge in [0.2, 0.25) is 0 Å². The van der Waals surface area contributed by atoms with Gasteiger partial charge in [0, 0.05) is 12.3 Å². The number of hydrogen-bond donors (Lipinski definition) is 2. The highest BCUT2D eigenvalue weighted by Crippen LogP contribution is 2.31. The molecule has 0 bridgehead atoms. The van der Waals surface area contributed by atoms with Crippen LogP contribution in [0.2, 0.25) is 5.02 Å². The van der Waals surface area contributed by atoms with Gasteiger partial charge in [0.25, 0.3) is 5.91 Å². The Balaban J connectivity index is 2.05. The highest BCUT2D eigenvalue weighted by molar-refractivity contribution is 6.34. The average Bonchev–Trinajstić information content (AvgIpc) is 3.03. The van der Waals surface area contributed by atoms with Crippen LogP contribution in [0.3, 0.4) is 0 Å². The van der Waals surface area contributed by atoms with Crippen molar-refractivity contribution in [2.75, 3.05) is 12.4 Å². The molecule has 0 unspecified atom stereocenters. The van der Waals surface area contributed by atoms with Crippen LogP contribution < -0.4 is 10.1 Å². The summed E-state index contributed by atoms with van der Waals surface area (Å²) in [4.78, 5) is 28.8. The Bertz CT molecular complexity index is 1060. The molecule has 2 heterocycles. The zero-order valence-corrected chi connectivity index (χ0v) is 15.8. The van der Waals surface area contributed by atoms with Gasteiger partial charge in [-0.2, -0.15) is 0 Å². The van der Waals surface area contributed by atoms with E-state index in [9.17, 15) is 14.7 Å². The standard InChI is InChI=1S/C19H18ClN3O4/c1-4-13-16(23-7-5-6-10(2)17(23)21-13)18(24)22-14-9-15(27-3)11(19(25)26)8-12(14)20/h5-9H,4H2,1-3H3,(H,22,24)(H,25,26). The second kappa shape index (κ2) is 7.28. The predicted octanol–water partition coefficient (Wildman–Crippen LogP) is 3.82. The van der Waals surface area contributed by atoms with E-state index in [0.29, 0.717) is 23.5 Å². The van der Waals surface area contributed by atoms with Crippen LogP contribution in [0.4, 0.5) is 5.69 Å². The summed E-state index contributed by atoms with van der Waals surface area (Å²) in [7, 11) is 1.35. The van der Waals surface area contributed by atoms with Crippen molar-refractivity contribution in [2.24, 2.45) is 0 Å². The highest BCUT2D eigenvalue weighted by atomic mass is 35.5. The number of fused-ring (bicyclic) bond motifs is 1. The molecule has 140 valence electrons. The molecule has 0 saturated carbocycles. The molecule has 2 aromatic heterocycles. The van der Waals surface area contributed by atoms with Crippen LogP contribution in [-0.2, 0) is 6.42 Å². The molecule has 0 aliphatic heterocycles. The monoisotopic (exact) mass is 387 g/mol. The minimum absolute atomic E-state index is 0.0832. The molecule has 27 heavy (non-hydrogen) atoms. The lowest BCUT2D eigenvalue weighted by atomic mass is 10.1. The lowest BCUT2D eigenvalue weighted by Crippen LogP contribution is -2.17. The predicted molar refractivity (Wildman–Crippen MR) is 102 cm³/mol. The maximum Gasteiger partial charge on any atom is 0.339 e. The van der Waals surface area contributed by atoms with Crippen molar-refractivity contribution < 1.29 is 19.4 Å². The Morgan fingerprint density at radius 1 is 1.37 bits per heavy atom. The SMILES string of the molecule is CCc1nc2c(C)cccn2c1C(=O)Nc1cc(OC)c(C(=O)O)cc1Cl. The first-order chi connectivity index (χ1) is 12.9. The number of benzene rings is 1. The number of carboxylic acid groups (broad SMARTS) is 1. The molecule has 0 aliphatic carbocycles. The molecule has 0 atom stereocenters. The smallest absolute Gasteiger partial charge is 0.339 e. The zero-order valence-electron chi connectivity index (χ0n) is 15.0. The third-order valence-corrected chi connectivity index (χ3v) is 4.55. The fourth-order valence-electron chi connectivity index (χ4n) is 2.90. The number of methoxy groups -OCH3 is 1.